The molecule has 0 radical (unpaired) electrons. The summed E-state index contributed by atoms with van der Waals surface area (Å²) in [5.41, 5.74) is 2.13. The van der Waals surface area contributed by atoms with Gasteiger partial charge in [0.2, 0.25) is 0 Å². The van der Waals surface area contributed by atoms with Gasteiger partial charge in [-0.1, -0.05) is 12.1 Å². The third-order valence-corrected chi connectivity index (χ3v) is 3.38. The van der Waals surface area contributed by atoms with Crippen molar-refractivity contribution in [2.75, 3.05) is 6.61 Å². The molecule has 1 aromatic carbocycles. The third kappa shape index (κ3) is 2.31. The summed E-state index contributed by atoms with van der Waals surface area (Å²) in [4.78, 5) is 0. The molecule has 0 N–H and O–H groups in total. The molecule has 1 atom stereocenters. The summed E-state index contributed by atoms with van der Waals surface area (Å²) < 4.78 is 20.7. The molecule has 1 aromatic heterocycles. The molecule has 2 heterocycles. The van der Waals surface area contributed by atoms with Gasteiger partial charge >= 0.3 is 0 Å². The van der Waals surface area contributed by atoms with Gasteiger partial charge in [0.1, 0.15) is 12.0 Å². The molecule has 3 rings (SSSR count). The van der Waals surface area contributed by atoms with E-state index >= 15 is 0 Å². The third-order valence-electron chi connectivity index (χ3n) is 3.38. The van der Waals surface area contributed by atoms with Crippen LogP contribution in [0.25, 0.3) is 11.1 Å². The normalized spacial score (nSPS) is 19.9. The maximum Gasteiger partial charge on any atom is 0.133 e. The number of hydrogen-bond donors (Lipinski definition) is 0. The van der Waals surface area contributed by atoms with Crippen molar-refractivity contribution in [1.82, 2.24) is 4.57 Å². The van der Waals surface area contributed by atoms with Crippen molar-refractivity contribution in [3.8, 4) is 11.1 Å². The van der Waals surface area contributed by atoms with Crippen molar-refractivity contribution >= 4 is 0 Å². The van der Waals surface area contributed by atoms with Crippen molar-refractivity contribution in [1.29, 1.82) is 0 Å². The molecule has 1 unspecified atom stereocenters. The highest BCUT2D eigenvalue weighted by Crippen LogP contribution is 2.26. The van der Waals surface area contributed by atoms with Crippen molar-refractivity contribution in [3.63, 3.8) is 0 Å². The highest BCUT2D eigenvalue weighted by Gasteiger charge is 2.15. The number of aromatic nitrogens is 1. The Morgan fingerprint density at radius 3 is 2.61 bits per heavy atom. The molecule has 0 aliphatic carbocycles. The summed E-state index contributed by atoms with van der Waals surface area (Å²) in [5, 5.41) is 0. The zero-order valence-electron chi connectivity index (χ0n) is 10.2. The van der Waals surface area contributed by atoms with Gasteiger partial charge in [-0.3, -0.25) is 0 Å². The second-order valence-electron chi connectivity index (χ2n) is 4.68. The second-order valence-corrected chi connectivity index (χ2v) is 4.68. The molecule has 94 valence electrons. The summed E-state index contributed by atoms with van der Waals surface area (Å²) >= 11 is 0. The van der Waals surface area contributed by atoms with E-state index in [1.807, 2.05) is 12.3 Å². The lowest BCUT2D eigenvalue weighted by Gasteiger charge is -2.23. The highest BCUT2D eigenvalue weighted by molar-refractivity contribution is 5.62. The van der Waals surface area contributed by atoms with Crippen LogP contribution in [0.4, 0.5) is 4.39 Å². The van der Waals surface area contributed by atoms with E-state index in [9.17, 15) is 4.39 Å². The fraction of sp³-hybridized carbons (Fsp3) is 0.333. The van der Waals surface area contributed by atoms with Crippen molar-refractivity contribution in [2.24, 2.45) is 0 Å². The number of rotatable bonds is 2. The summed E-state index contributed by atoms with van der Waals surface area (Å²) in [6.45, 7) is 0.842. The summed E-state index contributed by atoms with van der Waals surface area (Å²) in [5.74, 6) is -0.200. The zero-order valence-corrected chi connectivity index (χ0v) is 10.2. The van der Waals surface area contributed by atoms with E-state index in [2.05, 4.69) is 10.8 Å². The first-order valence-corrected chi connectivity index (χ1v) is 6.38. The SMILES string of the molecule is Fc1ccc(-c2ccn(C3CCCCO3)c2)cc1. The van der Waals surface area contributed by atoms with Crippen molar-refractivity contribution in [2.45, 2.75) is 25.5 Å². The van der Waals surface area contributed by atoms with Crippen LogP contribution in [-0.2, 0) is 4.74 Å². The Labute approximate surface area is 106 Å². The minimum Gasteiger partial charge on any atom is -0.358 e. The lowest BCUT2D eigenvalue weighted by Crippen LogP contribution is -2.16. The molecular formula is C15H16FNO. The Kier molecular flexibility index (Phi) is 3.15. The lowest BCUT2D eigenvalue weighted by atomic mass is 10.1. The molecule has 0 spiro atoms. The van der Waals surface area contributed by atoms with Gasteiger partial charge in [-0.25, -0.2) is 4.39 Å². The summed E-state index contributed by atoms with van der Waals surface area (Å²) in [7, 11) is 0. The minimum absolute atomic E-state index is 0.160. The largest absolute Gasteiger partial charge is 0.358 e. The number of hydrogen-bond acceptors (Lipinski definition) is 1. The van der Waals surface area contributed by atoms with Gasteiger partial charge in [-0.15, -0.1) is 0 Å². The molecular weight excluding hydrogens is 229 g/mol. The molecule has 1 aliphatic heterocycles. The fourth-order valence-corrected chi connectivity index (χ4v) is 2.36. The van der Waals surface area contributed by atoms with Crippen LogP contribution in [-0.4, -0.2) is 11.2 Å². The molecule has 0 amide bonds. The number of nitrogens with zero attached hydrogens (tertiary/aromatic N) is 1. The first kappa shape index (κ1) is 11.5. The average Bonchev–Trinajstić information content (AvgIpc) is 2.90. The molecule has 2 aromatic rings. The fourth-order valence-electron chi connectivity index (χ4n) is 2.36. The second kappa shape index (κ2) is 4.94. The van der Waals surface area contributed by atoms with E-state index < -0.39 is 0 Å². The Balaban J connectivity index is 1.82. The van der Waals surface area contributed by atoms with Crippen LogP contribution >= 0.6 is 0 Å². The average molecular weight is 245 g/mol. The number of halogens is 1. The minimum atomic E-state index is -0.200. The molecule has 0 saturated carbocycles. The Morgan fingerprint density at radius 1 is 1.06 bits per heavy atom. The van der Waals surface area contributed by atoms with E-state index in [-0.39, 0.29) is 12.0 Å². The standard InChI is InChI=1S/C15H16FNO/c16-14-6-4-12(5-7-14)13-8-9-17(11-13)15-3-1-2-10-18-15/h4-9,11,15H,1-3,10H2. The monoisotopic (exact) mass is 245 g/mol. The number of benzene rings is 1. The lowest BCUT2D eigenvalue weighted by molar-refractivity contribution is -0.0317. The van der Waals surface area contributed by atoms with Crippen molar-refractivity contribution < 1.29 is 9.13 Å². The molecule has 2 nitrogen and oxygen atoms in total. The Bertz CT molecular complexity index is 512. The first-order valence-electron chi connectivity index (χ1n) is 6.38. The van der Waals surface area contributed by atoms with E-state index in [1.165, 1.54) is 18.6 Å². The van der Waals surface area contributed by atoms with Crippen LogP contribution < -0.4 is 0 Å². The van der Waals surface area contributed by atoms with Crippen LogP contribution in [0, 0.1) is 5.82 Å². The van der Waals surface area contributed by atoms with E-state index in [1.54, 1.807) is 12.1 Å². The number of ether oxygens (including phenoxy) is 1. The van der Waals surface area contributed by atoms with Crippen LogP contribution in [0.1, 0.15) is 25.5 Å². The van der Waals surface area contributed by atoms with Gasteiger partial charge in [0.15, 0.2) is 0 Å². The van der Waals surface area contributed by atoms with E-state index in [0.717, 1.165) is 30.6 Å². The Morgan fingerprint density at radius 2 is 1.89 bits per heavy atom. The first-order chi connectivity index (χ1) is 8.83. The van der Waals surface area contributed by atoms with Gasteiger partial charge in [-0.2, -0.15) is 0 Å². The summed E-state index contributed by atoms with van der Waals surface area (Å²) in [6.07, 6.45) is 7.71. The molecule has 1 fully saturated rings. The van der Waals surface area contributed by atoms with Crippen molar-refractivity contribution in [3.05, 3.63) is 48.5 Å². The molecule has 1 saturated heterocycles. The van der Waals surface area contributed by atoms with E-state index in [0.29, 0.717) is 0 Å². The van der Waals surface area contributed by atoms with Gasteiger partial charge in [0.05, 0.1) is 0 Å². The molecule has 18 heavy (non-hydrogen) atoms. The Hall–Kier alpha value is -1.61. The molecule has 1 aliphatic rings. The predicted octanol–water partition coefficient (Wildman–Crippen LogP) is 3.99. The summed E-state index contributed by atoms with van der Waals surface area (Å²) in [6, 6.07) is 8.63. The van der Waals surface area contributed by atoms with Crippen LogP contribution in [0.5, 0.6) is 0 Å². The maximum absolute atomic E-state index is 12.9. The molecule has 3 heteroatoms. The maximum atomic E-state index is 12.9. The van der Waals surface area contributed by atoms with Crippen LogP contribution in [0.15, 0.2) is 42.7 Å². The topological polar surface area (TPSA) is 14.2 Å². The van der Waals surface area contributed by atoms with Gasteiger partial charge in [0.25, 0.3) is 0 Å². The van der Waals surface area contributed by atoms with Gasteiger partial charge < -0.3 is 9.30 Å². The van der Waals surface area contributed by atoms with Crippen LogP contribution in [0.3, 0.4) is 0 Å². The van der Waals surface area contributed by atoms with Gasteiger partial charge in [-0.05, 0) is 48.6 Å². The molecule has 0 bridgehead atoms. The smallest absolute Gasteiger partial charge is 0.133 e. The van der Waals surface area contributed by atoms with E-state index in [4.69, 9.17) is 4.74 Å². The predicted molar refractivity (Wildman–Crippen MR) is 68.7 cm³/mol. The quantitative estimate of drug-likeness (QED) is 0.780. The van der Waals surface area contributed by atoms with Gasteiger partial charge in [0, 0.05) is 19.0 Å². The van der Waals surface area contributed by atoms with Crippen LogP contribution in [0.2, 0.25) is 0 Å². The highest BCUT2D eigenvalue weighted by atomic mass is 19.1. The zero-order chi connectivity index (χ0) is 12.4.